The first kappa shape index (κ1) is 18.6. The molecule has 1 saturated heterocycles. The van der Waals surface area contributed by atoms with Crippen molar-refractivity contribution >= 4 is 15.9 Å². The number of amides is 1. The molecule has 1 fully saturated rings. The predicted molar refractivity (Wildman–Crippen MR) is 97.2 cm³/mol. The fourth-order valence-corrected chi connectivity index (χ4v) is 3.95. The zero-order valence-corrected chi connectivity index (χ0v) is 15.5. The van der Waals surface area contributed by atoms with Gasteiger partial charge in [-0.25, -0.2) is 13.1 Å². The predicted octanol–water partition coefficient (Wildman–Crippen LogP) is 0.156. The molecular weight excluding hydrogens is 354 g/mol. The fourth-order valence-electron chi connectivity index (χ4n) is 2.91. The highest BCUT2D eigenvalue weighted by Gasteiger charge is 2.23. The number of hydrogen-bond acceptors (Lipinski definition) is 5. The molecule has 1 N–H and O–H groups in total. The second kappa shape index (κ2) is 7.98. The molecule has 1 aliphatic heterocycles. The van der Waals surface area contributed by atoms with Gasteiger partial charge in [-0.2, -0.15) is 5.10 Å². The third kappa shape index (κ3) is 4.48. The molecular formula is C17H23N5O3S. The molecule has 140 valence electrons. The number of benzene rings is 1. The molecule has 9 heteroatoms. The Morgan fingerprint density at radius 2 is 1.85 bits per heavy atom. The van der Waals surface area contributed by atoms with Gasteiger partial charge in [-0.15, -0.1) is 0 Å². The topological polar surface area (TPSA) is 87.5 Å². The van der Waals surface area contributed by atoms with Crippen molar-refractivity contribution in [3.05, 3.63) is 48.3 Å². The summed E-state index contributed by atoms with van der Waals surface area (Å²) in [4.78, 5) is 16.6. The van der Waals surface area contributed by atoms with Crippen LogP contribution >= 0.6 is 0 Å². The number of carbonyl (C=O) groups is 1. The Kier molecular flexibility index (Phi) is 5.70. The summed E-state index contributed by atoms with van der Waals surface area (Å²) in [5.74, 6) is -0.0115. The molecule has 0 aliphatic carbocycles. The first-order valence-electron chi connectivity index (χ1n) is 8.51. The summed E-state index contributed by atoms with van der Waals surface area (Å²) < 4.78 is 28.6. The maximum Gasteiger partial charge on any atom is 0.257 e. The molecule has 1 aliphatic rings. The third-order valence-electron chi connectivity index (χ3n) is 4.38. The van der Waals surface area contributed by atoms with Crippen molar-refractivity contribution < 1.29 is 13.2 Å². The van der Waals surface area contributed by atoms with Crippen molar-refractivity contribution in [2.75, 3.05) is 39.3 Å². The molecule has 2 aromatic rings. The van der Waals surface area contributed by atoms with Gasteiger partial charge in [0.1, 0.15) is 0 Å². The van der Waals surface area contributed by atoms with Crippen molar-refractivity contribution in [1.82, 2.24) is 24.3 Å². The van der Waals surface area contributed by atoms with E-state index in [-0.39, 0.29) is 10.8 Å². The number of nitrogens with zero attached hydrogens (tertiary/aromatic N) is 4. The van der Waals surface area contributed by atoms with Crippen molar-refractivity contribution in [2.24, 2.45) is 7.05 Å². The lowest BCUT2D eigenvalue weighted by Gasteiger charge is -2.34. The van der Waals surface area contributed by atoms with Gasteiger partial charge in [-0.05, 0) is 12.1 Å². The number of carbonyl (C=O) groups excluding carboxylic acids is 1. The van der Waals surface area contributed by atoms with E-state index in [9.17, 15) is 13.2 Å². The molecule has 26 heavy (non-hydrogen) atoms. The Morgan fingerprint density at radius 3 is 2.46 bits per heavy atom. The summed E-state index contributed by atoms with van der Waals surface area (Å²) in [6.07, 6.45) is 3.29. The van der Waals surface area contributed by atoms with Crippen molar-refractivity contribution in [2.45, 2.75) is 4.90 Å². The Hall–Kier alpha value is -2.23. The van der Waals surface area contributed by atoms with Crippen molar-refractivity contribution in [1.29, 1.82) is 0 Å². The van der Waals surface area contributed by atoms with E-state index >= 15 is 0 Å². The van der Waals surface area contributed by atoms with Crippen LogP contribution in [0, 0.1) is 0 Å². The van der Waals surface area contributed by atoms with Crippen LogP contribution in [-0.4, -0.2) is 73.2 Å². The summed E-state index contributed by atoms with van der Waals surface area (Å²) in [6, 6.07) is 8.34. The molecule has 0 saturated carbocycles. The summed E-state index contributed by atoms with van der Waals surface area (Å²) >= 11 is 0. The Labute approximate surface area is 153 Å². The van der Waals surface area contributed by atoms with Gasteiger partial charge in [-0.3, -0.25) is 14.4 Å². The number of nitrogens with one attached hydrogen (secondary N) is 1. The van der Waals surface area contributed by atoms with Crippen LogP contribution in [0.25, 0.3) is 0 Å². The minimum atomic E-state index is -3.47. The van der Waals surface area contributed by atoms with E-state index in [0.29, 0.717) is 31.7 Å². The zero-order chi connectivity index (χ0) is 18.6. The highest BCUT2D eigenvalue weighted by Crippen LogP contribution is 2.09. The van der Waals surface area contributed by atoms with E-state index in [2.05, 4.69) is 14.7 Å². The molecule has 3 rings (SSSR count). The minimum absolute atomic E-state index is 0.0115. The maximum absolute atomic E-state index is 12.4. The average Bonchev–Trinajstić information content (AvgIpc) is 3.09. The van der Waals surface area contributed by atoms with Crippen LogP contribution in [0.2, 0.25) is 0 Å². The SMILES string of the molecule is Cn1cc(C(=O)N2CCN(CCNS(=O)(=O)c3ccccc3)CC2)cn1. The average molecular weight is 377 g/mol. The fraction of sp³-hybridized carbons (Fsp3) is 0.412. The largest absolute Gasteiger partial charge is 0.336 e. The van der Waals surface area contributed by atoms with Gasteiger partial charge in [0, 0.05) is 52.5 Å². The normalized spacial score (nSPS) is 16.0. The maximum atomic E-state index is 12.4. The first-order valence-corrected chi connectivity index (χ1v) is 9.99. The second-order valence-electron chi connectivity index (χ2n) is 6.25. The highest BCUT2D eigenvalue weighted by molar-refractivity contribution is 7.89. The molecule has 1 aromatic heterocycles. The van der Waals surface area contributed by atoms with Crippen LogP contribution in [0.3, 0.4) is 0 Å². The number of hydrogen-bond donors (Lipinski definition) is 1. The smallest absolute Gasteiger partial charge is 0.257 e. The van der Waals surface area contributed by atoms with Crippen molar-refractivity contribution in [3.8, 4) is 0 Å². The number of aryl methyl sites for hydroxylation is 1. The van der Waals surface area contributed by atoms with E-state index in [1.807, 2.05) is 4.90 Å². The van der Waals surface area contributed by atoms with E-state index in [0.717, 1.165) is 13.1 Å². The van der Waals surface area contributed by atoms with Gasteiger partial charge in [0.05, 0.1) is 16.7 Å². The summed E-state index contributed by atoms with van der Waals surface area (Å²) in [7, 11) is -1.69. The van der Waals surface area contributed by atoms with Crippen LogP contribution in [0.4, 0.5) is 0 Å². The molecule has 8 nitrogen and oxygen atoms in total. The van der Waals surface area contributed by atoms with Gasteiger partial charge in [-0.1, -0.05) is 18.2 Å². The van der Waals surface area contributed by atoms with Crippen LogP contribution in [0.1, 0.15) is 10.4 Å². The third-order valence-corrected chi connectivity index (χ3v) is 5.86. The lowest BCUT2D eigenvalue weighted by atomic mass is 10.2. The molecule has 2 heterocycles. The Morgan fingerprint density at radius 1 is 1.15 bits per heavy atom. The summed E-state index contributed by atoms with van der Waals surface area (Å²) in [5, 5.41) is 4.03. The van der Waals surface area contributed by atoms with Crippen LogP contribution < -0.4 is 4.72 Å². The monoisotopic (exact) mass is 377 g/mol. The van der Waals surface area contributed by atoms with Crippen molar-refractivity contribution in [3.63, 3.8) is 0 Å². The lowest BCUT2D eigenvalue weighted by molar-refractivity contribution is 0.0640. The van der Waals surface area contributed by atoms with Gasteiger partial charge in [0.15, 0.2) is 0 Å². The zero-order valence-electron chi connectivity index (χ0n) is 14.7. The van der Waals surface area contributed by atoms with E-state index in [1.165, 1.54) is 0 Å². The molecule has 0 spiro atoms. The van der Waals surface area contributed by atoms with Gasteiger partial charge in [0.25, 0.3) is 5.91 Å². The standard InChI is InChI=1S/C17H23N5O3S/c1-20-14-15(13-18-20)17(23)22-11-9-21(10-12-22)8-7-19-26(24,25)16-5-3-2-4-6-16/h2-6,13-14,19H,7-12H2,1H3. The van der Waals surface area contributed by atoms with Crippen LogP contribution in [0.15, 0.2) is 47.6 Å². The van der Waals surface area contributed by atoms with Crippen LogP contribution in [0.5, 0.6) is 0 Å². The molecule has 0 unspecified atom stereocenters. The number of rotatable bonds is 6. The Balaban J connectivity index is 1.44. The molecule has 0 atom stereocenters. The van der Waals surface area contributed by atoms with E-state index in [1.54, 1.807) is 54.5 Å². The molecule has 0 bridgehead atoms. The van der Waals surface area contributed by atoms with E-state index < -0.39 is 10.0 Å². The van der Waals surface area contributed by atoms with Crippen LogP contribution in [-0.2, 0) is 17.1 Å². The first-order chi connectivity index (χ1) is 12.5. The quantitative estimate of drug-likeness (QED) is 0.775. The second-order valence-corrected chi connectivity index (χ2v) is 8.01. The van der Waals surface area contributed by atoms with Gasteiger partial charge < -0.3 is 4.90 Å². The lowest BCUT2D eigenvalue weighted by Crippen LogP contribution is -2.50. The minimum Gasteiger partial charge on any atom is -0.336 e. The highest BCUT2D eigenvalue weighted by atomic mass is 32.2. The summed E-state index contributed by atoms with van der Waals surface area (Å²) in [5.41, 5.74) is 0.594. The number of sulfonamides is 1. The van der Waals surface area contributed by atoms with Gasteiger partial charge in [0.2, 0.25) is 10.0 Å². The number of aromatic nitrogens is 2. The Bertz CT molecular complexity index is 842. The molecule has 1 amide bonds. The summed E-state index contributed by atoms with van der Waals surface area (Å²) in [6.45, 7) is 3.64. The molecule has 0 radical (unpaired) electrons. The van der Waals surface area contributed by atoms with Gasteiger partial charge >= 0.3 is 0 Å². The van der Waals surface area contributed by atoms with E-state index in [4.69, 9.17) is 0 Å². The number of piperazine rings is 1. The molecule has 1 aromatic carbocycles.